The second-order valence-electron chi connectivity index (χ2n) is 4.62. The summed E-state index contributed by atoms with van der Waals surface area (Å²) in [4.78, 5) is 6.80. The molecule has 0 radical (unpaired) electrons. The van der Waals surface area contributed by atoms with Crippen molar-refractivity contribution in [2.24, 2.45) is 4.99 Å². The normalized spacial score (nSPS) is 10.8. The molecule has 0 fully saturated rings. The van der Waals surface area contributed by atoms with Crippen LogP contribution in [0.5, 0.6) is 0 Å². The molecule has 0 N–H and O–H groups in total. The summed E-state index contributed by atoms with van der Waals surface area (Å²) >= 11 is 3.32. The van der Waals surface area contributed by atoms with Crippen molar-refractivity contribution < 1.29 is 0 Å². The van der Waals surface area contributed by atoms with Crippen LogP contribution < -0.4 is 0 Å². The molecule has 0 spiro atoms. The van der Waals surface area contributed by atoms with Gasteiger partial charge in [0.1, 0.15) is 0 Å². The van der Waals surface area contributed by atoms with Gasteiger partial charge in [0, 0.05) is 9.79 Å². The monoisotopic (exact) mass is 312 g/mol. The molecule has 0 amide bonds. The molecular formula is C17H16N2S2. The van der Waals surface area contributed by atoms with Crippen molar-refractivity contribution in [1.82, 2.24) is 0 Å². The molecule has 0 bridgehead atoms. The summed E-state index contributed by atoms with van der Waals surface area (Å²) in [6.07, 6.45) is 2.00. The van der Waals surface area contributed by atoms with Crippen LogP contribution in [-0.2, 0) is 0 Å². The number of hydrogen-bond acceptors (Lipinski definition) is 4. The van der Waals surface area contributed by atoms with Gasteiger partial charge < -0.3 is 0 Å². The Labute approximate surface area is 134 Å². The molecule has 21 heavy (non-hydrogen) atoms. The summed E-state index contributed by atoms with van der Waals surface area (Å²) in [6.45, 7) is 4.22. The number of hydrogen-bond donors (Lipinski definition) is 0. The fourth-order valence-corrected chi connectivity index (χ4v) is 3.17. The third kappa shape index (κ3) is 4.13. The highest BCUT2D eigenvalue weighted by molar-refractivity contribution is 8.11. The summed E-state index contributed by atoms with van der Waals surface area (Å²) in [5, 5.41) is 8.84. The number of aliphatic imine (C=N–C) groups is 1. The Morgan fingerprint density at radius 2 is 1.71 bits per heavy atom. The first-order valence-electron chi connectivity index (χ1n) is 6.48. The van der Waals surface area contributed by atoms with Crippen LogP contribution in [0, 0.1) is 25.2 Å². The van der Waals surface area contributed by atoms with E-state index in [1.54, 1.807) is 23.5 Å². The number of rotatable bonds is 4. The highest BCUT2D eigenvalue weighted by Crippen LogP contribution is 2.35. The molecule has 2 nitrogen and oxygen atoms in total. The smallest absolute Gasteiger partial charge is 0.0991 e. The van der Waals surface area contributed by atoms with E-state index in [0.717, 1.165) is 10.6 Å². The van der Waals surface area contributed by atoms with Gasteiger partial charge in [0.05, 0.1) is 22.9 Å². The van der Waals surface area contributed by atoms with Crippen LogP contribution in [0.1, 0.15) is 16.7 Å². The van der Waals surface area contributed by atoms with Crippen LogP contribution in [0.4, 0.5) is 5.69 Å². The molecule has 2 rings (SSSR count). The first kappa shape index (κ1) is 15.7. The first-order chi connectivity index (χ1) is 10.1. The van der Waals surface area contributed by atoms with E-state index < -0.39 is 0 Å². The fourth-order valence-electron chi connectivity index (χ4n) is 1.99. The molecule has 0 aliphatic rings. The minimum absolute atomic E-state index is 0.689. The average Bonchev–Trinajstić information content (AvgIpc) is 2.49. The molecule has 0 unspecified atom stereocenters. The van der Waals surface area contributed by atoms with Gasteiger partial charge in [-0.2, -0.15) is 5.26 Å². The lowest BCUT2D eigenvalue weighted by Gasteiger charge is -2.10. The number of benzene rings is 2. The number of nitriles is 1. The summed E-state index contributed by atoms with van der Waals surface area (Å²) in [5.74, 6) is 0. The Balaban J connectivity index is 2.27. The molecule has 0 saturated heterocycles. The van der Waals surface area contributed by atoms with Gasteiger partial charge in [0.25, 0.3) is 0 Å². The van der Waals surface area contributed by atoms with Crippen molar-refractivity contribution in [2.45, 2.75) is 23.6 Å². The Kier molecular flexibility index (Phi) is 5.49. The summed E-state index contributed by atoms with van der Waals surface area (Å²) in [7, 11) is 0. The zero-order valence-corrected chi connectivity index (χ0v) is 13.9. The summed E-state index contributed by atoms with van der Waals surface area (Å²) in [5.41, 5.74) is 5.97. The van der Waals surface area contributed by atoms with Crippen LogP contribution in [-0.4, -0.2) is 11.8 Å². The molecule has 2 aromatic carbocycles. The van der Waals surface area contributed by atoms with E-state index in [4.69, 9.17) is 5.26 Å². The van der Waals surface area contributed by atoms with Crippen molar-refractivity contribution in [3.8, 4) is 6.07 Å². The van der Waals surface area contributed by atoms with Crippen LogP contribution in [0.2, 0.25) is 0 Å². The lowest BCUT2D eigenvalue weighted by Crippen LogP contribution is -1.86. The summed E-state index contributed by atoms with van der Waals surface area (Å²) < 4.78 is 0. The summed E-state index contributed by atoms with van der Waals surface area (Å²) in [6, 6.07) is 14.0. The standard InChI is InChI=1S/C17H16N2S2/c1-12-8-15(19-11-20-3)9-13(2)17(12)21-16-6-4-14(10-18)5-7-16/h4-9,11H,1-3H3/b19-11+. The van der Waals surface area contributed by atoms with Crippen LogP contribution in [0.25, 0.3) is 0 Å². The molecule has 106 valence electrons. The van der Waals surface area contributed by atoms with Gasteiger partial charge in [-0.1, -0.05) is 11.8 Å². The average molecular weight is 312 g/mol. The van der Waals surface area contributed by atoms with Crippen molar-refractivity contribution >= 4 is 34.8 Å². The number of thioether (sulfide) groups is 1. The number of nitrogens with zero attached hydrogens (tertiary/aromatic N) is 2. The molecule has 0 aliphatic heterocycles. The second-order valence-corrected chi connectivity index (χ2v) is 6.38. The largest absolute Gasteiger partial charge is 0.250 e. The van der Waals surface area contributed by atoms with Crippen molar-refractivity contribution in [1.29, 1.82) is 5.26 Å². The maximum absolute atomic E-state index is 8.84. The minimum atomic E-state index is 0.689. The zero-order valence-electron chi connectivity index (χ0n) is 12.3. The van der Waals surface area contributed by atoms with Gasteiger partial charge in [0.15, 0.2) is 0 Å². The van der Waals surface area contributed by atoms with E-state index in [1.165, 1.54) is 16.0 Å². The SMILES string of the molecule is CS/C=N/c1cc(C)c(Sc2ccc(C#N)cc2)c(C)c1. The van der Waals surface area contributed by atoms with Gasteiger partial charge in [-0.15, -0.1) is 11.8 Å². The van der Waals surface area contributed by atoms with Crippen molar-refractivity contribution in [3.05, 3.63) is 53.1 Å². The molecule has 0 saturated carbocycles. The Morgan fingerprint density at radius 1 is 1.10 bits per heavy atom. The van der Waals surface area contributed by atoms with Gasteiger partial charge in [-0.05, 0) is 67.6 Å². The van der Waals surface area contributed by atoms with E-state index in [2.05, 4.69) is 37.0 Å². The lowest BCUT2D eigenvalue weighted by molar-refractivity contribution is 1.21. The maximum atomic E-state index is 8.84. The molecule has 0 aromatic heterocycles. The molecule has 2 aromatic rings. The van der Waals surface area contributed by atoms with Gasteiger partial charge >= 0.3 is 0 Å². The molecule has 0 heterocycles. The van der Waals surface area contributed by atoms with E-state index in [-0.39, 0.29) is 0 Å². The third-order valence-corrected chi connectivity index (χ3v) is 4.63. The third-order valence-electron chi connectivity index (χ3n) is 2.96. The van der Waals surface area contributed by atoms with Crippen LogP contribution in [0.15, 0.2) is 51.2 Å². The Bertz CT molecular complexity index is 675. The first-order valence-corrected chi connectivity index (χ1v) is 8.59. The van der Waals surface area contributed by atoms with Crippen molar-refractivity contribution in [2.75, 3.05) is 6.26 Å². The molecule has 4 heteroatoms. The van der Waals surface area contributed by atoms with E-state index >= 15 is 0 Å². The molecule has 0 atom stereocenters. The van der Waals surface area contributed by atoms with Crippen molar-refractivity contribution in [3.63, 3.8) is 0 Å². The number of aryl methyl sites for hydroxylation is 2. The van der Waals surface area contributed by atoms with E-state index in [0.29, 0.717) is 5.56 Å². The topological polar surface area (TPSA) is 36.1 Å². The van der Waals surface area contributed by atoms with Gasteiger partial charge in [-0.3, -0.25) is 4.99 Å². The Hall–Kier alpha value is -1.70. The Morgan fingerprint density at radius 3 is 2.24 bits per heavy atom. The maximum Gasteiger partial charge on any atom is 0.0991 e. The highest BCUT2D eigenvalue weighted by Gasteiger charge is 2.07. The van der Waals surface area contributed by atoms with E-state index in [9.17, 15) is 0 Å². The second kappa shape index (κ2) is 7.35. The predicted molar refractivity (Wildman–Crippen MR) is 92.9 cm³/mol. The quantitative estimate of drug-likeness (QED) is 0.564. The minimum Gasteiger partial charge on any atom is -0.250 e. The van der Waals surface area contributed by atoms with Crippen LogP contribution >= 0.6 is 23.5 Å². The molecule has 0 aliphatic carbocycles. The fraction of sp³-hybridized carbons (Fsp3) is 0.176. The van der Waals surface area contributed by atoms with Gasteiger partial charge in [0.2, 0.25) is 0 Å². The molecular weight excluding hydrogens is 296 g/mol. The van der Waals surface area contributed by atoms with Gasteiger partial charge in [-0.25, -0.2) is 0 Å². The predicted octanol–water partition coefficient (Wildman–Crippen LogP) is 5.35. The van der Waals surface area contributed by atoms with E-state index in [1.807, 2.05) is 36.1 Å². The zero-order chi connectivity index (χ0) is 15.2. The lowest BCUT2D eigenvalue weighted by atomic mass is 10.1. The van der Waals surface area contributed by atoms with Crippen LogP contribution in [0.3, 0.4) is 0 Å². The highest BCUT2D eigenvalue weighted by atomic mass is 32.2.